The molecule has 0 radical (unpaired) electrons. The summed E-state index contributed by atoms with van der Waals surface area (Å²) in [6.45, 7) is 2.24. The predicted octanol–water partition coefficient (Wildman–Crippen LogP) is 1.84. The number of nitrogens with zero attached hydrogens (tertiary/aromatic N) is 5. The van der Waals surface area contributed by atoms with E-state index >= 15 is 0 Å². The van der Waals surface area contributed by atoms with Gasteiger partial charge in [0, 0.05) is 12.1 Å². The van der Waals surface area contributed by atoms with E-state index in [2.05, 4.69) is 25.4 Å². The van der Waals surface area contributed by atoms with Crippen molar-refractivity contribution in [2.24, 2.45) is 5.73 Å². The van der Waals surface area contributed by atoms with Crippen LogP contribution in [0.25, 0.3) is 5.69 Å². The third kappa shape index (κ3) is 3.40. The maximum Gasteiger partial charge on any atom is 0.196 e. The third-order valence-corrected chi connectivity index (χ3v) is 4.14. The number of halogens is 1. The summed E-state index contributed by atoms with van der Waals surface area (Å²) in [6.07, 6.45) is 0.782. The molecule has 2 aromatic heterocycles. The standard InChI is InChI=1S/C14H16FN7S/c1-2-11-17-12(19-18-11)8-23-14-21-20-13(7-16)22(14)10-5-3-9(15)4-6-10/h3-6H,2,7-8,16H2,1H3,(H,17,18,19). The molecule has 120 valence electrons. The molecule has 0 aliphatic heterocycles. The smallest absolute Gasteiger partial charge is 0.196 e. The van der Waals surface area contributed by atoms with Crippen LogP contribution < -0.4 is 5.73 Å². The van der Waals surface area contributed by atoms with Crippen molar-refractivity contribution in [1.29, 1.82) is 0 Å². The second kappa shape index (κ2) is 6.88. The highest BCUT2D eigenvalue weighted by Gasteiger charge is 2.14. The van der Waals surface area contributed by atoms with Gasteiger partial charge in [0.05, 0.1) is 12.3 Å². The molecule has 0 saturated heterocycles. The van der Waals surface area contributed by atoms with Gasteiger partial charge >= 0.3 is 0 Å². The number of hydrogen-bond donors (Lipinski definition) is 2. The van der Waals surface area contributed by atoms with E-state index in [0.29, 0.717) is 16.7 Å². The number of aromatic amines is 1. The average Bonchev–Trinajstić information content (AvgIpc) is 3.20. The molecule has 0 unspecified atom stereocenters. The largest absolute Gasteiger partial charge is 0.324 e. The van der Waals surface area contributed by atoms with E-state index in [-0.39, 0.29) is 12.4 Å². The number of nitrogens with one attached hydrogen (secondary N) is 1. The molecule has 9 heteroatoms. The Morgan fingerprint density at radius 3 is 2.70 bits per heavy atom. The highest BCUT2D eigenvalue weighted by atomic mass is 32.2. The first kappa shape index (κ1) is 15.6. The van der Waals surface area contributed by atoms with Crippen molar-refractivity contribution in [3.05, 3.63) is 47.6 Å². The fourth-order valence-electron chi connectivity index (χ4n) is 2.07. The number of aromatic nitrogens is 6. The van der Waals surface area contributed by atoms with Gasteiger partial charge in [-0.1, -0.05) is 18.7 Å². The Balaban J connectivity index is 1.84. The van der Waals surface area contributed by atoms with E-state index in [1.54, 1.807) is 12.1 Å². The Morgan fingerprint density at radius 1 is 1.26 bits per heavy atom. The van der Waals surface area contributed by atoms with Crippen LogP contribution in [-0.4, -0.2) is 29.9 Å². The van der Waals surface area contributed by atoms with Crippen LogP contribution in [0, 0.1) is 5.82 Å². The summed E-state index contributed by atoms with van der Waals surface area (Å²) in [6, 6.07) is 6.14. The van der Waals surface area contributed by atoms with Crippen LogP contribution in [0.15, 0.2) is 29.4 Å². The van der Waals surface area contributed by atoms with Crippen molar-refractivity contribution in [3.8, 4) is 5.69 Å². The maximum absolute atomic E-state index is 13.1. The zero-order valence-corrected chi connectivity index (χ0v) is 13.3. The molecule has 0 atom stereocenters. The number of thioether (sulfide) groups is 1. The van der Waals surface area contributed by atoms with Crippen LogP contribution in [0.2, 0.25) is 0 Å². The van der Waals surface area contributed by atoms with E-state index in [9.17, 15) is 4.39 Å². The zero-order valence-electron chi connectivity index (χ0n) is 12.5. The highest BCUT2D eigenvalue weighted by Crippen LogP contribution is 2.24. The molecule has 2 heterocycles. The van der Waals surface area contributed by atoms with Crippen LogP contribution in [0.4, 0.5) is 4.39 Å². The van der Waals surface area contributed by atoms with Crippen LogP contribution in [0.1, 0.15) is 24.4 Å². The number of benzene rings is 1. The quantitative estimate of drug-likeness (QED) is 0.668. The molecule has 0 bridgehead atoms. The summed E-state index contributed by atoms with van der Waals surface area (Å²) in [7, 11) is 0. The fourth-order valence-corrected chi connectivity index (χ4v) is 2.90. The lowest BCUT2D eigenvalue weighted by atomic mass is 10.3. The van der Waals surface area contributed by atoms with E-state index in [0.717, 1.165) is 23.8 Å². The Labute approximate surface area is 136 Å². The van der Waals surface area contributed by atoms with Gasteiger partial charge in [0.25, 0.3) is 0 Å². The Kier molecular flexibility index (Phi) is 4.68. The predicted molar refractivity (Wildman–Crippen MR) is 84.5 cm³/mol. The molecule has 0 spiro atoms. The number of H-pyrrole nitrogens is 1. The van der Waals surface area contributed by atoms with Crippen LogP contribution >= 0.6 is 11.8 Å². The molecule has 0 fully saturated rings. The Morgan fingerprint density at radius 2 is 2.04 bits per heavy atom. The van der Waals surface area contributed by atoms with Crippen LogP contribution in [0.3, 0.4) is 0 Å². The van der Waals surface area contributed by atoms with Crippen molar-refractivity contribution in [1.82, 2.24) is 29.9 Å². The number of rotatable bonds is 6. The minimum absolute atomic E-state index is 0.243. The first-order chi connectivity index (χ1) is 11.2. The Hall–Kier alpha value is -2.26. The molecule has 3 rings (SSSR count). The fraction of sp³-hybridized carbons (Fsp3) is 0.286. The first-order valence-corrected chi connectivity index (χ1v) is 8.13. The SMILES string of the molecule is CCc1n[nH]c(CSc2nnc(CN)n2-c2ccc(F)cc2)n1. The zero-order chi connectivity index (χ0) is 16.2. The highest BCUT2D eigenvalue weighted by molar-refractivity contribution is 7.98. The van der Waals surface area contributed by atoms with E-state index in [1.165, 1.54) is 23.9 Å². The molecule has 7 nitrogen and oxygen atoms in total. The van der Waals surface area contributed by atoms with E-state index in [1.807, 2.05) is 11.5 Å². The Bertz CT molecular complexity index is 781. The van der Waals surface area contributed by atoms with Crippen LogP contribution in [-0.2, 0) is 18.7 Å². The lowest BCUT2D eigenvalue weighted by Gasteiger charge is -2.08. The molecular formula is C14H16FN7S. The molecule has 0 aliphatic carbocycles. The second-order valence-corrected chi connectivity index (χ2v) is 5.70. The monoisotopic (exact) mass is 333 g/mol. The summed E-state index contributed by atoms with van der Waals surface area (Å²) in [5.74, 6) is 2.46. The summed E-state index contributed by atoms with van der Waals surface area (Å²) in [4.78, 5) is 4.37. The normalized spacial score (nSPS) is 11.1. The van der Waals surface area contributed by atoms with Gasteiger partial charge in [-0.25, -0.2) is 9.37 Å². The van der Waals surface area contributed by atoms with Crippen molar-refractivity contribution >= 4 is 11.8 Å². The summed E-state index contributed by atoms with van der Waals surface area (Å²) >= 11 is 1.47. The average molecular weight is 333 g/mol. The molecule has 1 aromatic carbocycles. The minimum Gasteiger partial charge on any atom is -0.324 e. The van der Waals surface area contributed by atoms with E-state index in [4.69, 9.17) is 5.73 Å². The number of hydrogen-bond acceptors (Lipinski definition) is 6. The lowest BCUT2D eigenvalue weighted by Crippen LogP contribution is -2.07. The lowest BCUT2D eigenvalue weighted by molar-refractivity contribution is 0.627. The minimum atomic E-state index is -0.293. The van der Waals surface area contributed by atoms with Crippen molar-refractivity contribution < 1.29 is 4.39 Å². The summed E-state index contributed by atoms with van der Waals surface area (Å²) < 4.78 is 14.9. The molecule has 23 heavy (non-hydrogen) atoms. The molecule has 0 saturated carbocycles. The van der Waals surface area contributed by atoms with Crippen molar-refractivity contribution in [2.75, 3.05) is 0 Å². The van der Waals surface area contributed by atoms with Gasteiger partial charge in [-0.05, 0) is 24.3 Å². The molecule has 0 aliphatic rings. The van der Waals surface area contributed by atoms with Gasteiger partial charge in [0.1, 0.15) is 17.5 Å². The number of nitrogens with two attached hydrogens (primary N) is 1. The van der Waals surface area contributed by atoms with E-state index < -0.39 is 0 Å². The van der Waals surface area contributed by atoms with Gasteiger partial charge in [-0.15, -0.1) is 10.2 Å². The first-order valence-electron chi connectivity index (χ1n) is 7.14. The van der Waals surface area contributed by atoms with Gasteiger partial charge in [-0.2, -0.15) is 5.10 Å². The third-order valence-electron chi connectivity index (χ3n) is 3.20. The van der Waals surface area contributed by atoms with Crippen LogP contribution in [0.5, 0.6) is 0 Å². The van der Waals surface area contributed by atoms with Crippen molar-refractivity contribution in [3.63, 3.8) is 0 Å². The molecule has 3 N–H and O–H groups in total. The molecule has 3 aromatic rings. The molecular weight excluding hydrogens is 317 g/mol. The molecule has 0 amide bonds. The summed E-state index contributed by atoms with van der Waals surface area (Å²) in [5, 5.41) is 15.9. The number of aryl methyl sites for hydroxylation is 1. The van der Waals surface area contributed by atoms with Gasteiger partial charge in [0.2, 0.25) is 0 Å². The topological polar surface area (TPSA) is 98.3 Å². The van der Waals surface area contributed by atoms with Gasteiger partial charge in [-0.3, -0.25) is 9.67 Å². The maximum atomic E-state index is 13.1. The summed E-state index contributed by atoms with van der Waals surface area (Å²) in [5.41, 5.74) is 6.49. The second-order valence-electron chi connectivity index (χ2n) is 4.76. The van der Waals surface area contributed by atoms with Crippen molar-refractivity contribution in [2.45, 2.75) is 30.8 Å². The van der Waals surface area contributed by atoms with Gasteiger partial charge < -0.3 is 5.73 Å². The van der Waals surface area contributed by atoms with Gasteiger partial charge in [0.15, 0.2) is 11.0 Å².